The molecule has 1 aliphatic carbocycles. The number of furan rings is 1. The summed E-state index contributed by atoms with van der Waals surface area (Å²) in [7, 11) is 1.82. The lowest BCUT2D eigenvalue weighted by molar-refractivity contribution is -0.120. The molecule has 0 bridgehead atoms. The molecule has 9 heteroatoms. The quantitative estimate of drug-likeness (QED) is 0.311. The molecule has 0 atom stereocenters. The molecular weight excluding hydrogens is 490 g/mol. The Bertz CT molecular complexity index is 1380. The van der Waals surface area contributed by atoms with Crippen molar-refractivity contribution in [1.29, 1.82) is 0 Å². The number of fused-ring (bicyclic) bond motifs is 1. The summed E-state index contributed by atoms with van der Waals surface area (Å²) in [5.74, 6) is 1.06. The molecule has 0 saturated heterocycles. The molecule has 2 heterocycles. The van der Waals surface area contributed by atoms with Crippen LogP contribution in [-0.2, 0) is 11.2 Å². The summed E-state index contributed by atoms with van der Waals surface area (Å²) < 4.78 is 5.63. The third-order valence-corrected chi connectivity index (χ3v) is 6.64. The van der Waals surface area contributed by atoms with Gasteiger partial charge in [-0.15, -0.1) is 0 Å². The molecule has 2 N–H and O–H groups in total. The van der Waals surface area contributed by atoms with E-state index >= 15 is 0 Å². The summed E-state index contributed by atoms with van der Waals surface area (Å²) in [5, 5.41) is 7.15. The molecule has 0 aliphatic heterocycles. The number of anilines is 2. The van der Waals surface area contributed by atoms with E-state index in [1.54, 1.807) is 17.0 Å². The van der Waals surface area contributed by atoms with Gasteiger partial charge in [-0.3, -0.25) is 9.59 Å². The molecule has 2 aromatic carbocycles. The van der Waals surface area contributed by atoms with Crippen LogP contribution in [0.5, 0.6) is 0 Å². The van der Waals surface area contributed by atoms with Crippen LogP contribution in [0.15, 0.2) is 65.1 Å². The van der Waals surface area contributed by atoms with Crippen molar-refractivity contribution in [3.8, 4) is 0 Å². The number of benzene rings is 2. The highest BCUT2D eigenvalue weighted by Gasteiger charge is 2.19. The summed E-state index contributed by atoms with van der Waals surface area (Å²) in [6.45, 7) is 0.197. The number of carbonyl (C=O) groups excluding carboxylic acids is 2. The van der Waals surface area contributed by atoms with Crippen LogP contribution in [0.1, 0.15) is 47.6 Å². The van der Waals surface area contributed by atoms with E-state index < -0.39 is 0 Å². The minimum absolute atomic E-state index is 0.0223. The molecule has 190 valence electrons. The third-order valence-electron chi connectivity index (χ3n) is 6.44. The standard InChI is InChI=1S/C28H28ClN5O3/c1-34(17-27(35)30-20-7-3-4-8-20)26-16-24(29)32-25(33-26)14-18-10-12-21(13-11-18)31-28(36)23-15-19-6-2-5-9-22(19)37-23/h2,5-6,9-13,15-16,20H,3-4,7-8,14,17H2,1H3,(H,30,35)(H,31,36). The minimum atomic E-state index is -0.313. The second kappa shape index (κ2) is 11.0. The lowest BCUT2D eigenvalue weighted by Crippen LogP contribution is -2.40. The van der Waals surface area contributed by atoms with E-state index in [-0.39, 0.29) is 30.2 Å². The molecule has 8 nitrogen and oxygen atoms in total. The van der Waals surface area contributed by atoms with Gasteiger partial charge in [0.2, 0.25) is 5.91 Å². The summed E-state index contributed by atoms with van der Waals surface area (Å²) in [5.41, 5.74) is 2.27. The fourth-order valence-electron chi connectivity index (χ4n) is 4.54. The SMILES string of the molecule is CN(CC(=O)NC1CCCC1)c1cc(Cl)nc(Cc2ccc(NC(=O)c3cc4ccccc4o3)cc2)n1. The van der Waals surface area contributed by atoms with E-state index in [1.807, 2.05) is 55.6 Å². The van der Waals surface area contributed by atoms with E-state index in [4.69, 9.17) is 16.0 Å². The number of hydrogen-bond acceptors (Lipinski definition) is 6. The Morgan fingerprint density at radius 3 is 2.57 bits per heavy atom. The fourth-order valence-corrected chi connectivity index (χ4v) is 4.74. The second-order valence-electron chi connectivity index (χ2n) is 9.35. The number of likely N-dealkylation sites (N-methyl/N-ethyl adjacent to an activating group) is 1. The maximum atomic E-state index is 12.6. The molecule has 37 heavy (non-hydrogen) atoms. The molecule has 1 fully saturated rings. The fraction of sp³-hybridized carbons (Fsp3) is 0.286. The van der Waals surface area contributed by atoms with Crippen molar-refractivity contribution in [2.24, 2.45) is 0 Å². The predicted octanol–water partition coefficient (Wildman–Crippen LogP) is 5.21. The molecule has 2 aromatic heterocycles. The van der Waals surface area contributed by atoms with Crippen LogP contribution in [0.4, 0.5) is 11.5 Å². The van der Waals surface area contributed by atoms with Gasteiger partial charge < -0.3 is 20.0 Å². The first-order valence-electron chi connectivity index (χ1n) is 12.4. The molecule has 0 unspecified atom stereocenters. The van der Waals surface area contributed by atoms with Crippen molar-refractivity contribution in [2.75, 3.05) is 23.8 Å². The summed E-state index contributed by atoms with van der Waals surface area (Å²) in [4.78, 5) is 35.8. The van der Waals surface area contributed by atoms with Gasteiger partial charge in [0.15, 0.2) is 5.76 Å². The van der Waals surface area contributed by atoms with E-state index in [1.165, 1.54) is 12.8 Å². The number of nitrogens with one attached hydrogen (secondary N) is 2. The van der Waals surface area contributed by atoms with Crippen LogP contribution in [0.25, 0.3) is 11.0 Å². The smallest absolute Gasteiger partial charge is 0.291 e. The van der Waals surface area contributed by atoms with Crippen LogP contribution in [0.3, 0.4) is 0 Å². The van der Waals surface area contributed by atoms with E-state index in [2.05, 4.69) is 20.6 Å². The lowest BCUT2D eigenvalue weighted by Gasteiger charge is -2.20. The number of aromatic nitrogens is 2. The molecule has 0 spiro atoms. The minimum Gasteiger partial charge on any atom is -0.451 e. The molecule has 4 aromatic rings. The summed E-state index contributed by atoms with van der Waals surface area (Å²) in [6.07, 6.45) is 4.87. The number of carbonyl (C=O) groups is 2. The topological polar surface area (TPSA) is 100 Å². The highest BCUT2D eigenvalue weighted by atomic mass is 35.5. The number of hydrogen-bond donors (Lipinski definition) is 2. The number of para-hydroxylation sites is 1. The number of nitrogens with zero attached hydrogens (tertiary/aromatic N) is 3. The first-order valence-corrected chi connectivity index (χ1v) is 12.7. The van der Waals surface area contributed by atoms with E-state index in [9.17, 15) is 9.59 Å². The molecule has 5 rings (SSSR count). The van der Waals surface area contributed by atoms with Gasteiger partial charge in [0.25, 0.3) is 5.91 Å². The summed E-state index contributed by atoms with van der Waals surface area (Å²) in [6, 6.07) is 18.6. The van der Waals surface area contributed by atoms with Gasteiger partial charge in [-0.25, -0.2) is 9.97 Å². The van der Waals surface area contributed by atoms with Crippen molar-refractivity contribution in [2.45, 2.75) is 38.1 Å². The summed E-state index contributed by atoms with van der Waals surface area (Å²) >= 11 is 6.27. The number of rotatable bonds is 8. The Labute approximate surface area is 220 Å². The zero-order valence-corrected chi connectivity index (χ0v) is 21.3. The molecule has 1 saturated carbocycles. The van der Waals surface area contributed by atoms with Crippen molar-refractivity contribution in [1.82, 2.24) is 15.3 Å². The Morgan fingerprint density at radius 2 is 1.81 bits per heavy atom. The second-order valence-corrected chi connectivity index (χ2v) is 9.73. The normalized spacial score (nSPS) is 13.6. The van der Waals surface area contributed by atoms with Crippen molar-refractivity contribution < 1.29 is 14.0 Å². The number of amides is 2. The zero-order valence-electron chi connectivity index (χ0n) is 20.5. The van der Waals surface area contributed by atoms with Crippen LogP contribution in [-0.4, -0.2) is 41.4 Å². The van der Waals surface area contributed by atoms with Crippen molar-refractivity contribution in [3.63, 3.8) is 0 Å². The van der Waals surface area contributed by atoms with Gasteiger partial charge in [-0.05, 0) is 42.7 Å². The molecule has 1 aliphatic rings. The Morgan fingerprint density at radius 1 is 1.05 bits per heavy atom. The Balaban J connectivity index is 1.20. The van der Waals surface area contributed by atoms with Gasteiger partial charge in [0.1, 0.15) is 22.4 Å². The number of halogens is 1. The van der Waals surface area contributed by atoms with Crippen molar-refractivity contribution >= 4 is 45.9 Å². The Hall–Kier alpha value is -3.91. The van der Waals surface area contributed by atoms with Crippen LogP contribution in [0, 0.1) is 0 Å². The monoisotopic (exact) mass is 517 g/mol. The zero-order chi connectivity index (χ0) is 25.8. The van der Waals surface area contributed by atoms with Gasteiger partial charge >= 0.3 is 0 Å². The van der Waals surface area contributed by atoms with Gasteiger partial charge in [-0.1, -0.05) is 54.8 Å². The van der Waals surface area contributed by atoms with Crippen LogP contribution >= 0.6 is 11.6 Å². The average Bonchev–Trinajstić information content (AvgIpc) is 3.54. The van der Waals surface area contributed by atoms with Crippen LogP contribution in [0.2, 0.25) is 5.15 Å². The van der Waals surface area contributed by atoms with E-state index in [0.717, 1.165) is 23.8 Å². The maximum Gasteiger partial charge on any atom is 0.291 e. The highest BCUT2D eigenvalue weighted by Crippen LogP contribution is 2.22. The molecular formula is C28H28ClN5O3. The largest absolute Gasteiger partial charge is 0.451 e. The lowest BCUT2D eigenvalue weighted by atomic mass is 10.1. The molecule has 0 radical (unpaired) electrons. The Kier molecular flexibility index (Phi) is 7.37. The first-order chi connectivity index (χ1) is 17.9. The van der Waals surface area contributed by atoms with Gasteiger partial charge in [0.05, 0.1) is 6.54 Å². The maximum absolute atomic E-state index is 12.6. The van der Waals surface area contributed by atoms with Gasteiger partial charge in [0, 0.05) is 36.7 Å². The first kappa shape index (κ1) is 24.8. The van der Waals surface area contributed by atoms with Crippen molar-refractivity contribution in [3.05, 3.63) is 83.0 Å². The molecule has 2 amide bonds. The predicted molar refractivity (Wildman–Crippen MR) is 144 cm³/mol. The van der Waals surface area contributed by atoms with Crippen LogP contribution < -0.4 is 15.5 Å². The van der Waals surface area contributed by atoms with E-state index in [0.29, 0.717) is 34.5 Å². The highest BCUT2D eigenvalue weighted by molar-refractivity contribution is 6.29. The average molecular weight is 518 g/mol. The van der Waals surface area contributed by atoms with Gasteiger partial charge in [-0.2, -0.15) is 0 Å². The third kappa shape index (κ3) is 6.27.